The molecule has 106 heavy (non-hydrogen) atoms. The summed E-state index contributed by atoms with van der Waals surface area (Å²) in [4.78, 5) is 24.8. The minimum absolute atomic E-state index is 0.102. The van der Waals surface area contributed by atoms with Gasteiger partial charge in [0, 0.05) is 68.4 Å². The van der Waals surface area contributed by atoms with Gasteiger partial charge in [0.05, 0.1) is 58.5 Å². The minimum atomic E-state index is -4.15. The van der Waals surface area contributed by atoms with Crippen molar-refractivity contribution in [1.82, 2.24) is 42.7 Å². The summed E-state index contributed by atoms with van der Waals surface area (Å²) in [6.45, 7) is 39.0. The summed E-state index contributed by atoms with van der Waals surface area (Å²) in [5, 5.41) is 32.8. The van der Waals surface area contributed by atoms with Crippen molar-refractivity contribution in [3.8, 4) is 11.2 Å². The first kappa shape index (κ1) is 85.3. The SMILES string of the molecule is CCCCN(CCCC)OOSc1ccc2nc(-n3nc(C(C)(C)C)c(C#N)c3N=Nc3c(C)cc(N(c4nc5ccc(S(=O)(=O)N(CCCC)CCCC)cc5s4)c4c(C)cc(C)c(S(=O)(=O)N(CCCC)CCCC)c4C)nc3Nc3c(C)cc(C)c(S(=O)(=O)N(CCCC)CCCC)c3C)sc2c1. The molecule has 0 bridgehead atoms. The van der Waals surface area contributed by atoms with Crippen molar-refractivity contribution in [2.24, 2.45) is 10.2 Å². The number of unbranched alkanes of at least 4 members (excludes halogenated alkanes) is 8. The maximum absolute atomic E-state index is 15.6. The molecule has 28 heteroatoms. The van der Waals surface area contributed by atoms with E-state index < -0.39 is 35.5 Å². The van der Waals surface area contributed by atoms with E-state index in [2.05, 4.69) is 25.2 Å². The van der Waals surface area contributed by atoms with Crippen LogP contribution in [-0.2, 0) is 44.8 Å². The molecule has 8 rings (SSSR count). The molecule has 0 aliphatic heterocycles. The summed E-state index contributed by atoms with van der Waals surface area (Å²) in [7, 11) is -12.2. The average Bonchev–Trinajstić information content (AvgIpc) is 1.19. The number of pyridine rings is 1. The number of aromatic nitrogens is 5. The summed E-state index contributed by atoms with van der Waals surface area (Å²) in [5.74, 6) is 0.488. The molecule has 0 unspecified atom stereocenters. The fourth-order valence-corrected chi connectivity index (χ4v) is 21.1. The molecule has 578 valence electrons. The van der Waals surface area contributed by atoms with Crippen molar-refractivity contribution in [3.05, 3.63) is 105 Å². The summed E-state index contributed by atoms with van der Waals surface area (Å²) < 4.78 is 105. The Labute approximate surface area is 644 Å². The Hall–Kier alpha value is -6.33. The second kappa shape index (κ2) is 38.3. The Bertz CT molecular complexity index is 4740. The lowest BCUT2D eigenvalue weighted by molar-refractivity contribution is -0.360. The molecule has 0 atom stereocenters. The van der Waals surface area contributed by atoms with E-state index in [-0.39, 0.29) is 43.4 Å². The molecule has 0 aliphatic carbocycles. The number of azo groups is 1. The number of anilines is 5. The predicted molar refractivity (Wildman–Crippen MR) is 434 cm³/mol. The van der Waals surface area contributed by atoms with Crippen LogP contribution >= 0.6 is 34.7 Å². The normalized spacial score (nSPS) is 12.7. The van der Waals surface area contributed by atoms with E-state index in [0.717, 1.165) is 98.9 Å². The summed E-state index contributed by atoms with van der Waals surface area (Å²) in [5.41, 5.74) is 6.24. The number of rotatable bonds is 42. The molecule has 22 nitrogen and oxygen atoms in total. The second-order valence-corrected chi connectivity index (χ2v) is 37.1. The van der Waals surface area contributed by atoms with Crippen LogP contribution in [0.3, 0.4) is 0 Å². The molecule has 0 saturated carbocycles. The van der Waals surface area contributed by atoms with Crippen LogP contribution in [-0.4, -0.2) is 120 Å². The Kier molecular flexibility index (Phi) is 30.9. The summed E-state index contributed by atoms with van der Waals surface area (Å²) in [6, 6.07) is 18.7. The van der Waals surface area contributed by atoms with E-state index in [1.54, 1.807) is 42.7 Å². The van der Waals surface area contributed by atoms with Gasteiger partial charge in [0.15, 0.2) is 16.8 Å². The number of nitrogens with one attached hydrogen (secondary N) is 1. The number of fused-ring (bicyclic) bond motifs is 2. The number of sulfonamides is 3. The molecule has 1 N–H and O–H groups in total. The van der Waals surface area contributed by atoms with Gasteiger partial charge in [0.2, 0.25) is 35.2 Å². The average molecular weight is 1570 g/mol. The quantitative estimate of drug-likeness (QED) is 0.0161. The third-order valence-electron chi connectivity index (χ3n) is 18.8. The zero-order valence-corrected chi connectivity index (χ0v) is 70.6. The van der Waals surface area contributed by atoms with Gasteiger partial charge in [-0.2, -0.15) is 33.0 Å². The Morgan fingerprint density at radius 2 is 1.05 bits per heavy atom. The van der Waals surface area contributed by atoms with Crippen molar-refractivity contribution in [2.75, 3.05) is 62.6 Å². The van der Waals surface area contributed by atoms with E-state index in [1.165, 1.54) is 22.7 Å². The van der Waals surface area contributed by atoms with Crippen molar-refractivity contribution in [3.63, 3.8) is 0 Å². The van der Waals surface area contributed by atoms with Gasteiger partial charge in [0.25, 0.3) is 0 Å². The Morgan fingerprint density at radius 1 is 0.557 bits per heavy atom. The van der Waals surface area contributed by atoms with E-state index in [9.17, 15) is 13.7 Å². The summed E-state index contributed by atoms with van der Waals surface area (Å²) in [6.07, 6.45) is 12.9. The van der Waals surface area contributed by atoms with Crippen LogP contribution in [0, 0.1) is 59.8 Å². The first-order chi connectivity index (χ1) is 50.5. The molecule has 0 spiro atoms. The highest BCUT2D eigenvalue weighted by Gasteiger charge is 2.36. The van der Waals surface area contributed by atoms with Crippen molar-refractivity contribution < 1.29 is 34.6 Å². The van der Waals surface area contributed by atoms with Gasteiger partial charge in [0.1, 0.15) is 23.1 Å². The van der Waals surface area contributed by atoms with E-state index in [4.69, 9.17) is 39.6 Å². The number of aryl methyl sites for hydroxylation is 5. The smallest absolute Gasteiger partial charge is 0.243 e. The lowest BCUT2D eigenvalue weighted by Crippen LogP contribution is -2.34. The molecule has 0 radical (unpaired) electrons. The maximum atomic E-state index is 15.6. The van der Waals surface area contributed by atoms with E-state index >= 15 is 16.8 Å². The predicted octanol–water partition coefficient (Wildman–Crippen LogP) is 21.0. The molecule has 4 aromatic carbocycles. The number of benzene rings is 4. The zero-order chi connectivity index (χ0) is 77.4. The van der Waals surface area contributed by atoms with Gasteiger partial charge in [-0.3, -0.25) is 4.90 Å². The first-order valence-electron chi connectivity index (χ1n) is 37.8. The molecule has 4 heterocycles. The van der Waals surface area contributed by atoms with Crippen LogP contribution in [0.5, 0.6) is 0 Å². The van der Waals surface area contributed by atoms with Gasteiger partial charge in [-0.15, -0.1) is 19.6 Å². The molecule has 0 aliphatic rings. The molecule has 0 amide bonds. The molecule has 4 aromatic heterocycles. The maximum Gasteiger partial charge on any atom is 0.243 e. The van der Waals surface area contributed by atoms with Gasteiger partial charge in [-0.05, 0) is 181 Å². The van der Waals surface area contributed by atoms with Crippen molar-refractivity contribution in [1.29, 1.82) is 5.26 Å². The van der Waals surface area contributed by atoms with Gasteiger partial charge >= 0.3 is 0 Å². The van der Waals surface area contributed by atoms with Crippen molar-refractivity contribution >= 4 is 125 Å². The van der Waals surface area contributed by atoms with Gasteiger partial charge in [-0.25, -0.2) is 40.2 Å². The van der Waals surface area contributed by atoms with Crippen LogP contribution < -0.4 is 10.2 Å². The summed E-state index contributed by atoms with van der Waals surface area (Å²) >= 11 is 3.70. The third kappa shape index (κ3) is 19.8. The zero-order valence-electron chi connectivity index (χ0n) is 65.7. The lowest BCUT2D eigenvalue weighted by atomic mass is 9.90. The topological polar surface area (TPSA) is 254 Å². The number of hydrogen-bond donors (Lipinski definition) is 1. The number of nitriles is 1. The largest absolute Gasteiger partial charge is 0.338 e. The highest BCUT2D eigenvalue weighted by atomic mass is 32.2. The van der Waals surface area contributed by atoms with Crippen molar-refractivity contribution in [2.45, 2.75) is 252 Å². The van der Waals surface area contributed by atoms with Crippen LogP contribution in [0.1, 0.15) is 229 Å². The lowest BCUT2D eigenvalue weighted by Gasteiger charge is -2.30. The Morgan fingerprint density at radius 3 is 1.58 bits per heavy atom. The number of hydrogen-bond acceptors (Lipinski definition) is 21. The van der Waals surface area contributed by atoms with Crippen LogP contribution in [0.2, 0.25) is 0 Å². The van der Waals surface area contributed by atoms with Crippen LogP contribution in [0.25, 0.3) is 25.6 Å². The third-order valence-corrected chi connectivity index (χ3v) is 27.7. The fraction of sp³-hybridized carbons (Fsp3) is 0.551. The van der Waals surface area contributed by atoms with Crippen LogP contribution in [0.4, 0.5) is 39.6 Å². The molecule has 0 saturated heterocycles. The number of hydroxylamine groups is 2. The van der Waals surface area contributed by atoms with E-state index in [0.29, 0.717) is 160 Å². The minimum Gasteiger partial charge on any atom is -0.338 e. The van der Waals surface area contributed by atoms with Crippen LogP contribution in [0.15, 0.2) is 84.4 Å². The highest BCUT2D eigenvalue weighted by Crippen LogP contribution is 2.48. The molecular formula is C78H112N14O8S6. The monoisotopic (exact) mass is 1560 g/mol. The highest BCUT2D eigenvalue weighted by molar-refractivity contribution is 7.94. The number of thiazole rings is 2. The fourth-order valence-electron chi connectivity index (χ4n) is 13.0. The van der Waals surface area contributed by atoms with Gasteiger partial charge < -0.3 is 5.32 Å². The second-order valence-electron chi connectivity index (χ2n) is 28.6. The molecule has 0 fully saturated rings. The molecule has 8 aromatic rings. The van der Waals surface area contributed by atoms with Gasteiger partial charge in [-0.1, -0.05) is 162 Å². The first-order valence-corrected chi connectivity index (χ1v) is 44.5. The molecular weight excluding hydrogens is 1450 g/mol. The Balaban J connectivity index is 1.42. The standard InChI is InChI=1S/C78H112N14O8S6/c1-19-27-39-87(40-28-20-2)99-100-103-60-35-37-63-65(50-60)102-77(81-63)92-75(62(52-79)73(86-92)78(16,17)18)85-84-69-54(10)49-67(82-74(69)83-68-53(9)47-56(12)71(58(68)14)105(95,96)89(43-31-23-5)44-32-24-6)91(70-55(11)48-57(13)72(59(70)15)106(97,98)90(45-33-25-7)46-34-26-8)76-80-64-38-36-61(51-66(64)101-76)104(93,94)88(41-29-21-3)42-30-22-4/h35-38,47-51H,19-34,39-46H2,1-18H3,(H,82,83). The van der Waals surface area contributed by atoms with E-state index in [1.807, 2.05) is 150 Å². The number of nitrogens with zero attached hydrogens (tertiary/aromatic N) is 13.